The quantitative estimate of drug-likeness (QED) is 0.614. The van der Waals surface area contributed by atoms with Crippen molar-refractivity contribution in [2.24, 2.45) is 0 Å². The first kappa shape index (κ1) is 20.7. The fourth-order valence-electron chi connectivity index (χ4n) is 2.87. The Morgan fingerprint density at radius 1 is 0.633 bits per heavy atom. The number of hydrogen-bond donors (Lipinski definition) is 2. The number of hydrogen-bond acceptors (Lipinski definition) is 5. The van der Waals surface area contributed by atoms with Crippen LogP contribution in [0.2, 0.25) is 0 Å². The highest BCUT2D eigenvalue weighted by atomic mass is 16.5. The molecule has 0 aliphatic heterocycles. The van der Waals surface area contributed by atoms with Crippen LogP contribution in [-0.4, -0.2) is 33.1 Å². The summed E-state index contributed by atoms with van der Waals surface area (Å²) in [5.74, 6) is 0.586. The molecule has 2 amide bonds. The van der Waals surface area contributed by atoms with Crippen LogP contribution in [0.1, 0.15) is 20.7 Å². The molecule has 3 aromatic rings. The molecule has 0 aromatic heterocycles. The number of nitrogens with one attached hydrogen (secondary N) is 2. The molecule has 0 heterocycles. The second-order valence-corrected chi connectivity index (χ2v) is 6.26. The van der Waals surface area contributed by atoms with Gasteiger partial charge in [0.25, 0.3) is 11.8 Å². The topological polar surface area (TPSA) is 85.9 Å². The third kappa shape index (κ3) is 4.70. The van der Waals surface area contributed by atoms with Crippen molar-refractivity contribution in [2.75, 3.05) is 32.0 Å². The van der Waals surface area contributed by atoms with Crippen molar-refractivity contribution in [1.29, 1.82) is 0 Å². The lowest BCUT2D eigenvalue weighted by Crippen LogP contribution is -2.15. The predicted molar refractivity (Wildman–Crippen MR) is 115 cm³/mol. The van der Waals surface area contributed by atoms with Crippen molar-refractivity contribution in [3.8, 4) is 17.2 Å². The molecule has 0 spiro atoms. The van der Waals surface area contributed by atoms with Crippen LogP contribution in [0.25, 0.3) is 0 Å². The maximum Gasteiger partial charge on any atom is 0.259 e. The van der Waals surface area contributed by atoms with Crippen LogP contribution in [0.15, 0.2) is 66.7 Å². The van der Waals surface area contributed by atoms with Crippen molar-refractivity contribution >= 4 is 23.2 Å². The zero-order chi connectivity index (χ0) is 21.5. The molecule has 2 N–H and O–H groups in total. The first-order valence-corrected chi connectivity index (χ1v) is 9.13. The maximum absolute atomic E-state index is 12.8. The molecular formula is C23H22N2O5. The average molecular weight is 406 g/mol. The van der Waals surface area contributed by atoms with E-state index in [9.17, 15) is 9.59 Å². The van der Waals surface area contributed by atoms with E-state index in [1.165, 1.54) is 21.3 Å². The fraction of sp³-hybridized carbons (Fsp3) is 0.130. The lowest BCUT2D eigenvalue weighted by Gasteiger charge is -2.14. The SMILES string of the molecule is COc1cc(OC)c(C(=O)Nc2cccc(NC(=O)c3ccccc3)c2)cc1OC. The molecule has 0 unspecified atom stereocenters. The van der Waals surface area contributed by atoms with E-state index in [0.29, 0.717) is 34.2 Å². The Morgan fingerprint density at radius 2 is 1.20 bits per heavy atom. The number of amides is 2. The number of benzene rings is 3. The molecule has 0 bridgehead atoms. The van der Waals surface area contributed by atoms with Crippen LogP contribution < -0.4 is 24.8 Å². The van der Waals surface area contributed by atoms with E-state index in [-0.39, 0.29) is 17.4 Å². The lowest BCUT2D eigenvalue weighted by atomic mass is 10.1. The Morgan fingerprint density at radius 3 is 1.80 bits per heavy atom. The van der Waals surface area contributed by atoms with Crippen LogP contribution in [-0.2, 0) is 0 Å². The molecule has 0 atom stereocenters. The van der Waals surface area contributed by atoms with Gasteiger partial charge in [-0.1, -0.05) is 24.3 Å². The molecule has 3 rings (SSSR count). The number of ether oxygens (including phenoxy) is 3. The summed E-state index contributed by atoms with van der Waals surface area (Å²) in [6.45, 7) is 0. The van der Waals surface area contributed by atoms with Gasteiger partial charge in [0.15, 0.2) is 11.5 Å². The van der Waals surface area contributed by atoms with Crippen LogP contribution >= 0.6 is 0 Å². The summed E-state index contributed by atoms with van der Waals surface area (Å²) in [4.78, 5) is 25.2. The summed E-state index contributed by atoms with van der Waals surface area (Å²) >= 11 is 0. The number of carbonyl (C=O) groups excluding carboxylic acids is 2. The Balaban J connectivity index is 1.79. The molecule has 0 saturated heterocycles. The normalized spacial score (nSPS) is 10.1. The van der Waals surface area contributed by atoms with E-state index in [0.717, 1.165) is 0 Å². The minimum Gasteiger partial charge on any atom is -0.496 e. The molecule has 0 aliphatic carbocycles. The Labute approximate surface area is 174 Å². The van der Waals surface area contributed by atoms with E-state index in [1.807, 2.05) is 6.07 Å². The summed E-state index contributed by atoms with van der Waals surface area (Å²) in [6, 6.07) is 18.9. The van der Waals surface area contributed by atoms with Gasteiger partial charge in [0, 0.05) is 29.1 Å². The van der Waals surface area contributed by atoms with Crippen molar-refractivity contribution in [1.82, 2.24) is 0 Å². The summed E-state index contributed by atoms with van der Waals surface area (Å²) in [5, 5.41) is 5.62. The third-order valence-corrected chi connectivity index (χ3v) is 4.36. The summed E-state index contributed by atoms with van der Waals surface area (Å²) in [7, 11) is 4.47. The van der Waals surface area contributed by atoms with Crippen LogP contribution in [0.4, 0.5) is 11.4 Å². The van der Waals surface area contributed by atoms with Crippen molar-refractivity contribution in [3.05, 3.63) is 77.9 Å². The summed E-state index contributed by atoms with van der Waals surface area (Å²) in [6.07, 6.45) is 0. The second kappa shape index (κ2) is 9.47. The van der Waals surface area contributed by atoms with Crippen molar-refractivity contribution < 1.29 is 23.8 Å². The highest BCUT2D eigenvalue weighted by Crippen LogP contribution is 2.35. The van der Waals surface area contributed by atoms with E-state index in [1.54, 1.807) is 60.7 Å². The number of carbonyl (C=O) groups is 2. The average Bonchev–Trinajstić information content (AvgIpc) is 2.78. The molecule has 0 saturated carbocycles. The van der Waals surface area contributed by atoms with Gasteiger partial charge in [0.1, 0.15) is 5.75 Å². The Bertz CT molecular complexity index is 1050. The summed E-state index contributed by atoms with van der Waals surface area (Å²) in [5.41, 5.74) is 1.90. The number of anilines is 2. The van der Waals surface area contributed by atoms with Gasteiger partial charge in [0.05, 0.1) is 26.9 Å². The molecule has 7 nitrogen and oxygen atoms in total. The molecule has 30 heavy (non-hydrogen) atoms. The maximum atomic E-state index is 12.8. The van der Waals surface area contributed by atoms with Gasteiger partial charge in [-0.2, -0.15) is 0 Å². The van der Waals surface area contributed by atoms with Crippen LogP contribution in [0, 0.1) is 0 Å². The van der Waals surface area contributed by atoms with Gasteiger partial charge in [-0.3, -0.25) is 9.59 Å². The van der Waals surface area contributed by atoms with Gasteiger partial charge in [-0.25, -0.2) is 0 Å². The zero-order valence-electron chi connectivity index (χ0n) is 16.9. The van der Waals surface area contributed by atoms with E-state index < -0.39 is 0 Å². The van der Waals surface area contributed by atoms with E-state index in [4.69, 9.17) is 14.2 Å². The summed E-state index contributed by atoms with van der Waals surface area (Å²) < 4.78 is 15.8. The Kier molecular flexibility index (Phi) is 6.54. The Hall–Kier alpha value is -4.00. The van der Waals surface area contributed by atoms with Crippen LogP contribution in [0.3, 0.4) is 0 Å². The highest BCUT2D eigenvalue weighted by molar-refractivity contribution is 6.08. The molecule has 0 aliphatic rings. The number of methoxy groups -OCH3 is 3. The molecule has 0 radical (unpaired) electrons. The molecular weight excluding hydrogens is 384 g/mol. The minimum atomic E-state index is -0.390. The van der Waals surface area contributed by atoms with Gasteiger partial charge < -0.3 is 24.8 Å². The zero-order valence-corrected chi connectivity index (χ0v) is 16.9. The molecule has 3 aromatic carbocycles. The van der Waals surface area contributed by atoms with Crippen LogP contribution in [0.5, 0.6) is 17.2 Å². The van der Waals surface area contributed by atoms with Crippen molar-refractivity contribution in [2.45, 2.75) is 0 Å². The highest BCUT2D eigenvalue weighted by Gasteiger charge is 2.18. The predicted octanol–water partition coefficient (Wildman–Crippen LogP) is 4.22. The fourth-order valence-corrected chi connectivity index (χ4v) is 2.87. The number of rotatable bonds is 7. The van der Waals surface area contributed by atoms with E-state index >= 15 is 0 Å². The van der Waals surface area contributed by atoms with Gasteiger partial charge >= 0.3 is 0 Å². The van der Waals surface area contributed by atoms with Gasteiger partial charge in [0.2, 0.25) is 0 Å². The largest absolute Gasteiger partial charge is 0.496 e. The molecule has 7 heteroatoms. The molecule has 0 fully saturated rings. The lowest BCUT2D eigenvalue weighted by molar-refractivity contribution is 0.101. The molecule has 154 valence electrons. The standard InChI is InChI=1S/C23H22N2O5/c1-28-19-14-21(30-3)20(29-2)13-18(19)23(27)25-17-11-7-10-16(12-17)24-22(26)15-8-5-4-6-9-15/h4-14H,1-3H3,(H,24,26)(H,25,27). The minimum absolute atomic E-state index is 0.236. The smallest absolute Gasteiger partial charge is 0.259 e. The van der Waals surface area contributed by atoms with Gasteiger partial charge in [-0.05, 0) is 30.3 Å². The van der Waals surface area contributed by atoms with Gasteiger partial charge in [-0.15, -0.1) is 0 Å². The first-order valence-electron chi connectivity index (χ1n) is 9.13. The van der Waals surface area contributed by atoms with Crippen molar-refractivity contribution in [3.63, 3.8) is 0 Å². The third-order valence-electron chi connectivity index (χ3n) is 4.36. The monoisotopic (exact) mass is 406 g/mol. The van der Waals surface area contributed by atoms with E-state index in [2.05, 4.69) is 10.6 Å². The second-order valence-electron chi connectivity index (χ2n) is 6.26. The first-order chi connectivity index (χ1) is 14.5.